The first-order chi connectivity index (χ1) is 15.6. The van der Waals surface area contributed by atoms with E-state index in [4.69, 9.17) is 16.3 Å². The normalized spacial score (nSPS) is 15.9. The van der Waals surface area contributed by atoms with E-state index in [2.05, 4.69) is 67.3 Å². The van der Waals surface area contributed by atoms with Crippen molar-refractivity contribution >= 4 is 17.7 Å². The summed E-state index contributed by atoms with van der Waals surface area (Å²) in [5, 5.41) is 0.675. The number of cyclic esters (lactones) is 1. The largest absolute Gasteiger partial charge is 0.439 e. The Hall–Kier alpha value is -2.82. The van der Waals surface area contributed by atoms with E-state index in [9.17, 15) is 4.79 Å². The third-order valence-electron chi connectivity index (χ3n) is 6.02. The molecule has 0 spiro atoms. The van der Waals surface area contributed by atoms with Crippen molar-refractivity contribution in [2.75, 3.05) is 19.6 Å². The molecule has 1 amide bonds. The van der Waals surface area contributed by atoms with E-state index in [1.54, 1.807) is 4.90 Å². The Morgan fingerprint density at radius 1 is 0.938 bits per heavy atom. The maximum atomic E-state index is 12.4. The molecule has 0 radical (unpaired) electrons. The first kappa shape index (κ1) is 22.4. The van der Waals surface area contributed by atoms with Gasteiger partial charge in [0.15, 0.2) is 0 Å². The first-order valence-electron chi connectivity index (χ1n) is 11.2. The van der Waals surface area contributed by atoms with E-state index in [1.165, 1.54) is 16.7 Å². The fourth-order valence-electron chi connectivity index (χ4n) is 4.07. The van der Waals surface area contributed by atoms with E-state index in [0.717, 1.165) is 30.8 Å². The highest BCUT2D eigenvalue weighted by atomic mass is 35.5. The number of hydrogen-bond acceptors (Lipinski definition) is 3. The summed E-state index contributed by atoms with van der Waals surface area (Å²) in [7, 11) is 0. The number of amides is 1. The second kappa shape index (κ2) is 10.2. The SMILES string of the molecule is CCN(CC)Cc1cccc(-c2ccc(CN3CC(c4ccc(Cl)cc4)OC3=O)cc2)c1. The van der Waals surface area contributed by atoms with Gasteiger partial charge in [0.2, 0.25) is 0 Å². The molecule has 1 heterocycles. The molecule has 0 aromatic heterocycles. The maximum absolute atomic E-state index is 12.4. The second-order valence-corrected chi connectivity index (χ2v) is 8.60. The molecule has 0 N–H and O–H groups in total. The highest BCUT2D eigenvalue weighted by Crippen LogP contribution is 2.29. The zero-order chi connectivity index (χ0) is 22.5. The molecule has 1 saturated heterocycles. The molecule has 166 valence electrons. The minimum Gasteiger partial charge on any atom is -0.439 e. The van der Waals surface area contributed by atoms with E-state index in [0.29, 0.717) is 18.1 Å². The van der Waals surface area contributed by atoms with Gasteiger partial charge in [0.1, 0.15) is 6.10 Å². The van der Waals surface area contributed by atoms with Crippen LogP contribution in [0.5, 0.6) is 0 Å². The predicted molar refractivity (Wildman–Crippen MR) is 130 cm³/mol. The van der Waals surface area contributed by atoms with E-state index in [-0.39, 0.29) is 12.2 Å². The van der Waals surface area contributed by atoms with Crippen LogP contribution in [0.1, 0.15) is 36.6 Å². The molecule has 4 rings (SSSR count). The molecule has 4 nitrogen and oxygen atoms in total. The fourth-order valence-corrected chi connectivity index (χ4v) is 4.19. The number of ether oxygens (including phenoxy) is 1. The molecule has 3 aromatic rings. The van der Waals surface area contributed by atoms with Crippen LogP contribution in [0.25, 0.3) is 11.1 Å². The zero-order valence-electron chi connectivity index (χ0n) is 18.6. The Morgan fingerprint density at radius 3 is 2.34 bits per heavy atom. The van der Waals surface area contributed by atoms with Crippen LogP contribution in [0.3, 0.4) is 0 Å². The Kier molecular flexibility index (Phi) is 7.13. The van der Waals surface area contributed by atoms with Crippen molar-refractivity contribution in [3.63, 3.8) is 0 Å². The fraction of sp³-hybridized carbons (Fsp3) is 0.296. The lowest BCUT2D eigenvalue weighted by Crippen LogP contribution is -2.23. The van der Waals surface area contributed by atoms with Gasteiger partial charge in [-0.05, 0) is 59.1 Å². The number of benzene rings is 3. The second-order valence-electron chi connectivity index (χ2n) is 8.16. The van der Waals surface area contributed by atoms with Crippen LogP contribution in [0.15, 0.2) is 72.8 Å². The van der Waals surface area contributed by atoms with Crippen molar-refractivity contribution < 1.29 is 9.53 Å². The molecule has 0 aliphatic carbocycles. The van der Waals surface area contributed by atoms with E-state index in [1.807, 2.05) is 24.3 Å². The van der Waals surface area contributed by atoms with Gasteiger partial charge in [0, 0.05) is 18.1 Å². The van der Waals surface area contributed by atoms with Crippen molar-refractivity contribution in [3.05, 3.63) is 94.5 Å². The first-order valence-corrected chi connectivity index (χ1v) is 11.5. The summed E-state index contributed by atoms with van der Waals surface area (Å²) in [5.74, 6) is 0. The third-order valence-corrected chi connectivity index (χ3v) is 6.27. The summed E-state index contributed by atoms with van der Waals surface area (Å²) in [6.07, 6.45) is -0.536. The van der Waals surface area contributed by atoms with Crippen LogP contribution in [-0.4, -0.2) is 35.5 Å². The van der Waals surface area contributed by atoms with Gasteiger partial charge in [-0.25, -0.2) is 4.79 Å². The lowest BCUT2D eigenvalue weighted by atomic mass is 10.0. The molecule has 0 bridgehead atoms. The smallest absolute Gasteiger partial charge is 0.410 e. The summed E-state index contributed by atoms with van der Waals surface area (Å²) >= 11 is 5.96. The van der Waals surface area contributed by atoms with Gasteiger partial charge in [0.05, 0.1) is 6.54 Å². The quantitative estimate of drug-likeness (QED) is 0.392. The highest BCUT2D eigenvalue weighted by Gasteiger charge is 2.32. The average Bonchev–Trinajstić information content (AvgIpc) is 3.18. The monoisotopic (exact) mass is 448 g/mol. The molecule has 1 aliphatic rings. The summed E-state index contributed by atoms with van der Waals surface area (Å²) < 4.78 is 5.57. The minimum atomic E-state index is -0.280. The van der Waals surface area contributed by atoms with Gasteiger partial charge in [-0.2, -0.15) is 0 Å². The Balaban J connectivity index is 1.41. The number of halogens is 1. The number of carbonyl (C=O) groups excluding carboxylic acids is 1. The van der Waals surface area contributed by atoms with Crippen LogP contribution in [0.2, 0.25) is 5.02 Å². The van der Waals surface area contributed by atoms with Gasteiger partial charge in [-0.3, -0.25) is 9.80 Å². The molecule has 1 aliphatic heterocycles. The Morgan fingerprint density at radius 2 is 1.66 bits per heavy atom. The minimum absolute atomic E-state index is 0.257. The van der Waals surface area contributed by atoms with Crippen molar-refractivity contribution in [1.29, 1.82) is 0 Å². The number of hydrogen-bond donors (Lipinski definition) is 0. The maximum Gasteiger partial charge on any atom is 0.410 e. The van der Waals surface area contributed by atoms with Crippen molar-refractivity contribution in [3.8, 4) is 11.1 Å². The van der Waals surface area contributed by atoms with Crippen molar-refractivity contribution in [1.82, 2.24) is 9.80 Å². The number of carbonyl (C=O) groups is 1. The molecule has 5 heteroatoms. The molecule has 32 heavy (non-hydrogen) atoms. The van der Waals surface area contributed by atoms with Crippen molar-refractivity contribution in [2.24, 2.45) is 0 Å². The standard InChI is InChI=1S/C27H29ClN2O2/c1-3-29(4-2)17-21-6-5-7-24(16-21)22-10-8-20(9-11-22)18-30-19-26(32-27(30)31)23-12-14-25(28)15-13-23/h5-16,26H,3-4,17-19H2,1-2H3. The molecule has 1 atom stereocenters. The summed E-state index contributed by atoms with van der Waals surface area (Å²) in [4.78, 5) is 16.5. The van der Waals surface area contributed by atoms with Crippen LogP contribution >= 0.6 is 11.6 Å². The van der Waals surface area contributed by atoms with Crippen LogP contribution in [-0.2, 0) is 17.8 Å². The number of nitrogens with zero attached hydrogens (tertiary/aromatic N) is 2. The molecule has 3 aromatic carbocycles. The lowest BCUT2D eigenvalue weighted by molar-refractivity contribution is 0.132. The van der Waals surface area contributed by atoms with Gasteiger partial charge in [0.25, 0.3) is 0 Å². The van der Waals surface area contributed by atoms with E-state index >= 15 is 0 Å². The summed E-state index contributed by atoms with van der Waals surface area (Å²) in [6.45, 7) is 8.52. The van der Waals surface area contributed by atoms with E-state index < -0.39 is 0 Å². The molecule has 0 saturated carbocycles. The number of rotatable bonds is 8. The van der Waals surface area contributed by atoms with Crippen molar-refractivity contribution in [2.45, 2.75) is 33.0 Å². The summed E-state index contributed by atoms with van der Waals surface area (Å²) in [5.41, 5.74) is 5.76. The predicted octanol–water partition coefficient (Wildman–Crippen LogP) is 6.54. The lowest BCUT2D eigenvalue weighted by Gasteiger charge is -2.18. The van der Waals surface area contributed by atoms with Gasteiger partial charge in [-0.1, -0.05) is 80.0 Å². The third kappa shape index (κ3) is 5.32. The molecule has 1 fully saturated rings. The van der Waals surface area contributed by atoms with Gasteiger partial charge >= 0.3 is 6.09 Å². The van der Waals surface area contributed by atoms with Crippen LogP contribution < -0.4 is 0 Å². The summed E-state index contributed by atoms with van der Waals surface area (Å²) in [6, 6.07) is 24.6. The van der Waals surface area contributed by atoms with Crippen LogP contribution in [0, 0.1) is 0 Å². The van der Waals surface area contributed by atoms with Gasteiger partial charge < -0.3 is 4.74 Å². The highest BCUT2D eigenvalue weighted by molar-refractivity contribution is 6.30. The zero-order valence-corrected chi connectivity index (χ0v) is 19.4. The molecule has 1 unspecified atom stereocenters. The molecular weight excluding hydrogens is 420 g/mol. The average molecular weight is 449 g/mol. The van der Waals surface area contributed by atoms with Crippen LogP contribution in [0.4, 0.5) is 4.79 Å². The topological polar surface area (TPSA) is 32.8 Å². The Labute approximate surface area is 195 Å². The molecular formula is C27H29ClN2O2. The van der Waals surface area contributed by atoms with Gasteiger partial charge in [-0.15, -0.1) is 0 Å². The Bertz CT molecular complexity index is 1050.